The fraction of sp³-hybridized carbons (Fsp3) is 0.222. The number of ether oxygens (including phenoxy) is 2. The summed E-state index contributed by atoms with van der Waals surface area (Å²) in [6, 6.07) is 12.7. The van der Waals surface area contributed by atoms with Crippen LogP contribution < -0.4 is 20.1 Å². The number of hydrogen-bond acceptors (Lipinski definition) is 5. The van der Waals surface area contributed by atoms with Gasteiger partial charge in [0.25, 0.3) is 0 Å². The average Bonchev–Trinajstić information content (AvgIpc) is 2.62. The van der Waals surface area contributed by atoms with Gasteiger partial charge in [-0.1, -0.05) is 12.1 Å². The molecule has 0 aromatic heterocycles. The fourth-order valence-electron chi connectivity index (χ4n) is 2.50. The number of rotatable bonds is 5. The Labute approximate surface area is 149 Å². The molecule has 130 valence electrons. The maximum atomic E-state index is 12.4. The molecule has 2 aromatic rings. The van der Waals surface area contributed by atoms with E-state index in [0.717, 1.165) is 10.6 Å². The number of amides is 2. The normalized spacial score (nSPS) is 15.8. The van der Waals surface area contributed by atoms with Crippen molar-refractivity contribution in [1.82, 2.24) is 0 Å². The minimum Gasteiger partial charge on any atom is -0.497 e. The molecule has 1 aliphatic heterocycles. The van der Waals surface area contributed by atoms with Crippen LogP contribution in [0.4, 0.5) is 11.4 Å². The molecule has 0 bridgehead atoms. The highest BCUT2D eigenvalue weighted by Crippen LogP contribution is 2.37. The molecule has 1 heterocycles. The fourth-order valence-corrected chi connectivity index (χ4v) is 3.61. The molecule has 0 radical (unpaired) electrons. The maximum absolute atomic E-state index is 12.4. The number of hydrogen-bond donors (Lipinski definition) is 2. The van der Waals surface area contributed by atoms with E-state index in [4.69, 9.17) is 9.47 Å². The molecule has 1 aliphatic rings. The molecule has 3 rings (SSSR count). The van der Waals surface area contributed by atoms with Crippen LogP contribution in [-0.2, 0) is 9.59 Å². The zero-order chi connectivity index (χ0) is 17.8. The lowest BCUT2D eigenvalue weighted by atomic mass is 10.2. The van der Waals surface area contributed by atoms with Gasteiger partial charge < -0.3 is 20.1 Å². The molecular weight excluding hydrogens is 340 g/mol. The highest BCUT2D eigenvalue weighted by molar-refractivity contribution is 8.01. The number of methoxy groups -OCH3 is 2. The van der Waals surface area contributed by atoms with Crippen LogP contribution in [0.15, 0.2) is 47.4 Å². The predicted octanol–water partition coefficient (Wildman–Crippen LogP) is 3.15. The number of nitrogens with one attached hydrogen (secondary N) is 2. The second kappa shape index (κ2) is 7.48. The minimum absolute atomic E-state index is 0.0695. The Morgan fingerprint density at radius 2 is 2.00 bits per heavy atom. The van der Waals surface area contributed by atoms with Crippen molar-refractivity contribution in [2.45, 2.75) is 16.6 Å². The smallest absolute Gasteiger partial charge is 0.238 e. The minimum atomic E-state index is -0.473. The van der Waals surface area contributed by atoms with Gasteiger partial charge in [-0.3, -0.25) is 9.59 Å². The van der Waals surface area contributed by atoms with Crippen LogP contribution in [0.5, 0.6) is 11.5 Å². The largest absolute Gasteiger partial charge is 0.497 e. The van der Waals surface area contributed by atoms with Crippen LogP contribution in [0.1, 0.15) is 6.42 Å². The van der Waals surface area contributed by atoms with E-state index in [1.165, 1.54) is 18.9 Å². The van der Waals surface area contributed by atoms with Gasteiger partial charge in [0.2, 0.25) is 11.8 Å². The van der Waals surface area contributed by atoms with E-state index in [9.17, 15) is 9.59 Å². The summed E-state index contributed by atoms with van der Waals surface area (Å²) in [5.41, 5.74) is 1.32. The summed E-state index contributed by atoms with van der Waals surface area (Å²) in [6.45, 7) is 0. The molecule has 7 heteroatoms. The van der Waals surface area contributed by atoms with Gasteiger partial charge in [0.05, 0.1) is 30.8 Å². The predicted molar refractivity (Wildman–Crippen MR) is 97.5 cm³/mol. The molecule has 0 aliphatic carbocycles. The standard InChI is InChI=1S/C18H18N2O4S/c1-23-11-7-8-12(14(9-11)24-2)19-17(21)10-16-18(22)20-13-5-3-4-6-15(13)25-16/h3-9,16H,10H2,1-2H3,(H,19,21)(H,20,22)/t16-/m1/s1. The molecular formula is C18H18N2O4S. The van der Waals surface area contributed by atoms with Crippen molar-refractivity contribution in [3.05, 3.63) is 42.5 Å². The first kappa shape index (κ1) is 17.2. The molecule has 6 nitrogen and oxygen atoms in total. The Morgan fingerprint density at radius 1 is 1.20 bits per heavy atom. The third-order valence-corrected chi connectivity index (χ3v) is 5.04. The summed E-state index contributed by atoms with van der Waals surface area (Å²) in [5.74, 6) is 0.712. The number of fused-ring (bicyclic) bond motifs is 1. The zero-order valence-electron chi connectivity index (χ0n) is 13.9. The number of benzene rings is 2. The first-order valence-electron chi connectivity index (χ1n) is 7.69. The maximum Gasteiger partial charge on any atom is 0.238 e. The third kappa shape index (κ3) is 3.88. The summed E-state index contributed by atoms with van der Waals surface area (Å²) in [4.78, 5) is 25.5. The van der Waals surface area contributed by atoms with Crippen molar-refractivity contribution in [1.29, 1.82) is 0 Å². The molecule has 0 saturated heterocycles. The number of anilines is 2. The first-order valence-corrected chi connectivity index (χ1v) is 8.57. The van der Waals surface area contributed by atoms with E-state index < -0.39 is 5.25 Å². The quantitative estimate of drug-likeness (QED) is 0.859. The summed E-state index contributed by atoms with van der Waals surface area (Å²) in [5, 5.41) is 5.15. The number of para-hydroxylation sites is 1. The second-order valence-corrected chi connectivity index (χ2v) is 6.65. The highest BCUT2D eigenvalue weighted by atomic mass is 32.2. The van der Waals surface area contributed by atoms with Crippen molar-refractivity contribution in [3.8, 4) is 11.5 Å². The van der Waals surface area contributed by atoms with Crippen molar-refractivity contribution < 1.29 is 19.1 Å². The van der Waals surface area contributed by atoms with Gasteiger partial charge in [0, 0.05) is 17.4 Å². The van der Waals surface area contributed by atoms with Gasteiger partial charge in [-0.25, -0.2) is 0 Å². The lowest BCUT2D eigenvalue weighted by Gasteiger charge is -2.23. The number of thioether (sulfide) groups is 1. The number of carbonyl (C=O) groups excluding carboxylic acids is 2. The van der Waals surface area contributed by atoms with Crippen LogP contribution in [0.25, 0.3) is 0 Å². The van der Waals surface area contributed by atoms with Crippen LogP contribution in [0, 0.1) is 0 Å². The molecule has 25 heavy (non-hydrogen) atoms. The van der Waals surface area contributed by atoms with Gasteiger partial charge in [0.1, 0.15) is 11.5 Å². The second-order valence-electron chi connectivity index (χ2n) is 5.41. The average molecular weight is 358 g/mol. The Hall–Kier alpha value is -2.67. The van der Waals surface area contributed by atoms with Crippen molar-refractivity contribution >= 4 is 35.0 Å². The van der Waals surface area contributed by atoms with Crippen LogP contribution in [0.2, 0.25) is 0 Å². The summed E-state index contributed by atoms with van der Waals surface area (Å²) in [7, 11) is 3.08. The van der Waals surface area contributed by atoms with Gasteiger partial charge in [-0.05, 0) is 24.3 Å². The van der Waals surface area contributed by atoms with Gasteiger partial charge >= 0.3 is 0 Å². The molecule has 0 saturated carbocycles. The van der Waals surface area contributed by atoms with Crippen molar-refractivity contribution in [2.24, 2.45) is 0 Å². The van der Waals surface area contributed by atoms with E-state index in [-0.39, 0.29) is 18.2 Å². The van der Waals surface area contributed by atoms with E-state index in [1.807, 2.05) is 24.3 Å². The summed E-state index contributed by atoms with van der Waals surface area (Å²) >= 11 is 1.40. The van der Waals surface area contributed by atoms with E-state index in [1.54, 1.807) is 25.3 Å². The first-order chi connectivity index (χ1) is 12.1. The van der Waals surface area contributed by atoms with E-state index in [0.29, 0.717) is 17.2 Å². The molecule has 0 unspecified atom stereocenters. The van der Waals surface area contributed by atoms with Crippen molar-refractivity contribution in [2.75, 3.05) is 24.9 Å². The Bertz CT molecular complexity index is 809. The Kier molecular flexibility index (Phi) is 5.14. The topological polar surface area (TPSA) is 76.7 Å². The Balaban J connectivity index is 1.68. The summed E-state index contributed by atoms with van der Waals surface area (Å²) < 4.78 is 10.4. The molecule has 2 amide bonds. The van der Waals surface area contributed by atoms with Crippen LogP contribution in [-0.4, -0.2) is 31.3 Å². The van der Waals surface area contributed by atoms with Gasteiger partial charge in [0.15, 0.2) is 0 Å². The van der Waals surface area contributed by atoms with Crippen molar-refractivity contribution in [3.63, 3.8) is 0 Å². The zero-order valence-corrected chi connectivity index (χ0v) is 14.7. The van der Waals surface area contributed by atoms with Gasteiger partial charge in [-0.2, -0.15) is 0 Å². The summed E-state index contributed by atoms with van der Waals surface area (Å²) in [6.07, 6.45) is 0.0695. The molecule has 1 atom stereocenters. The Morgan fingerprint density at radius 3 is 2.76 bits per heavy atom. The van der Waals surface area contributed by atoms with Gasteiger partial charge in [-0.15, -0.1) is 11.8 Å². The third-order valence-electron chi connectivity index (χ3n) is 3.76. The van der Waals surface area contributed by atoms with Crippen LogP contribution >= 0.6 is 11.8 Å². The van der Waals surface area contributed by atoms with E-state index >= 15 is 0 Å². The van der Waals surface area contributed by atoms with Crippen LogP contribution in [0.3, 0.4) is 0 Å². The number of carbonyl (C=O) groups is 2. The monoisotopic (exact) mass is 358 g/mol. The SMILES string of the molecule is COc1ccc(NC(=O)C[C@H]2Sc3ccccc3NC2=O)c(OC)c1. The van der Waals surface area contributed by atoms with E-state index in [2.05, 4.69) is 10.6 Å². The lowest BCUT2D eigenvalue weighted by Crippen LogP contribution is -2.32. The molecule has 2 N–H and O–H groups in total. The molecule has 2 aromatic carbocycles. The lowest BCUT2D eigenvalue weighted by molar-refractivity contribution is -0.120. The molecule has 0 fully saturated rings. The molecule has 0 spiro atoms. The highest BCUT2D eigenvalue weighted by Gasteiger charge is 2.29.